The molecule has 0 aliphatic carbocycles. The van der Waals surface area contributed by atoms with Crippen LogP contribution in [-0.2, 0) is 0 Å². The third kappa shape index (κ3) is 3.06. The molecule has 0 saturated heterocycles. The summed E-state index contributed by atoms with van der Waals surface area (Å²) < 4.78 is 32.6. The van der Waals surface area contributed by atoms with Crippen molar-refractivity contribution >= 4 is 22.9 Å². The quantitative estimate of drug-likeness (QED) is 0.437. The molecule has 0 aliphatic rings. The number of halogens is 3. The molecule has 7 heteroatoms. The average molecular weight is 375 g/mol. The number of hydrogen-bond acceptors (Lipinski definition) is 4. The summed E-state index contributed by atoms with van der Waals surface area (Å²) in [6.07, 6.45) is 0. The molecule has 4 rings (SSSR count). The van der Waals surface area contributed by atoms with E-state index in [1.807, 2.05) is 18.2 Å². The van der Waals surface area contributed by atoms with Crippen LogP contribution in [0, 0.1) is 11.6 Å². The molecule has 0 saturated carbocycles. The second-order valence-corrected chi connectivity index (χ2v) is 6.56. The van der Waals surface area contributed by atoms with Gasteiger partial charge in [-0.25, -0.2) is 8.78 Å². The van der Waals surface area contributed by atoms with Crippen molar-refractivity contribution in [2.75, 3.05) is 0 Å². The normalized spacial score (nSPS) is 11.0. The second-order valence-electron chi connectivity index (χ2n) is 5.18. The number of nitrogens with zero attached hydrogens (tertiary/aromatic N) is 2. The van der Waals surface area contributed by atoms with E-state index in [2.05, 4.69) is 10.2 Å². The highest BCUT2D eigenvalue weighted by molar-refractivity contribution is 7.17. The van der Waals surface area contributed by atoms with E-state index >= 15 is 0 Å². The van der Waals surface area contributed by atoms with Crippen LogP contribution in [0.2, 0.25) is 5.02 Å². The van der Waals surface area contributed by atoms with Gasteiger partial charge in [0.2, 0.25) is 0 Å². The third-order valence-corrected chi connectivity index (χ3v) is 4.84. The molecule has 25 heavy (non-hydrogen) atoms. The highest BCUT2D eigenvalue weighted by Gasteiger charge is 2.16. The molecule has 0 aliphatic heterocycles. The van der Waals surface area contributed by atoms with E-state index in [-0.39, 0.29) is 5.56 Å². The van der Waals surface area contributed by atoms with Gasteiger partial charge in [-0.05, 0) is 30.3 Å². The van der Waals surface area contributed by atoms with Crippen LogP contribution >= 0.6 is 22.9 Å². The van der Waals surface area contributed by atoms with Crippen molar-refractivity contribution in [3.63, 3.8) is 0 Å². The van der Waals surface area contributed by atoms with Crippen molar-refractivity contribution in [1.82, 2.24) is 10.2 Å². The van der Waals surface area contributed by atoms with Crippen molar-refractivity contribution in [2.45, 2.75) is 0 Å². The van der Waals surface area contributed by atoms with Crippen LogP contribution < -0.4 is 0 Å². The van der Waals surface area contributed by atoms with Gasteiger partial charge >= 0.3 is 0 Å². The van der Waals surface area contributed by atoms with Crippen LogP contribution in [-0.4, -0.2) is 10.2 Å². The van der Waals surface area contributed by atoms with Gasteiger partial charge in [-0.15, -0.1) is 10.2 Å². The van der Waals surface area contributed by atoms with Crippen molar-refractivity contribution in [2.24, 2.45) is 0 Å². The van der Waals surface area contributed by atoms with Gasteiger partial charge in [-0.3, -0.25) is 0 Å². The smallest absolute Gasteiger partial charge is 0.183 e. The monoisotopic (exact) mass is 374 g/mol. The molecule has 124 valence electrons. The zero-order chi connectivity index (χ0) is 17.4. The van der Waals surface area contributed by atoms with E-state index in [0.29, 0.717) is 26.6 Å². The minimum Gasteiger partial charge on any atom is -0.453 e. The van der Waals surface area contributed by atoms with Crippen molar-refractivity contribution in [3.05, 3.63) is 71.3 Å². The van der Waals surface area contributed by atoms with E-state index in [9.17, 15) is 8.78 Å². The zero-order valence-electron chi connectivity index (χ0n) is 12.5. The molecule has 2 aromatic heterocycles. The number of hydrogen-bond donors (Lipinski definition) is 0. The van der Waals surface area contributed by atoms with Gasteiger partial charge in [0.15, 0.2) is 10.8 Å². The fraction of sp³-hybridized carbons (Fsp3) is 0. The summed E-state index contributed by atoms with van der Waals surface area (Å²) in [6.45, 7) is 0. The van der Waals surface area contributed by atoms with Crippen LogP contribution in [0.15, 0.2) is 59.0 Å². The molecular formula is C18H9ClF2N2OS. The molecule has 0 atom stereocenters. The summed E-state index contributed by atoms with van der Waals surface area (Å²) >= 11 is 7.49. The van der Waals surface area contributed by atoms with Gasteiger partial charge in [0, 0.05) is 11.6 Å². The maximum atomic E-state index is 13.9. The van der Waals surface area contributed by atoms with Crippen molar-refractivity contribution < 1.29 is 13.2 Å². The first-order chi connectivity index (χ1) is 12.1. The molecule has 0 N–H and O–H groups in total. The van der Waals surface area contributed by atoms with E-state index in [4.69, 9.17) is 16.0 Å². The topological polar surface area (TPSA) is 38.9 Å². The minimum atomic E-state index is -0.685. The summed E-state index contributed by atoms with van der Waals surface area (Å²) in [5.41, 5.74) is 0.966. The number of furan rings is 1. The highest BCUT2D eigenvalue weighted by atomic mass is 35.5. The van der Waals surface area contributed by atoms with Crippen molar-refractivity contribution in [3.8, 4) is 32.7 Å². The van der Waals surface area contributed by atoms with E-state index in [1.165, 1.54) is 23.5 Å². The van der Waals surface area contributed by atoms with Gasteiger partial charge < -0.3 is 4.42 Å². The number of rotatable bonds is 3. The maximum absolute atomic E-state index is 13.9. The fourth-order valence-corrected chi connectivity index (χ4v) is 3.48. The van der Waals surface area contributed by atoms with E-state index < -0.39 is 11.6 Å². The maximum Gasteiger partial charge on any atom is 0.183 e. The Labute approximate surface area is 150 Å². The van der Waals surface area contributed by atoms with Crippen LogP contribution in [0.5, 0.6) is 0 Å². The Kier molecular flexibility index (Phi) is 4.07. The van der Waals surface area contributed by atoms with Gasteiger partial charge in [0.1, 0.15) is 22.4 Å². The Morgan fingerprint density at radius 2 is 1.60 bits per heavy atom. The second kappa shape index (κ2) is 6.38. The Bertz CT molecular complexity index is 1060. The Balaban J connectivity index is 1.68. The highest BCUT2D eigenvalue weighted by Crippen LogP contribution is 2.36. The summed E-state index contributed by atoms with van der Waals surface area (Å²) in [5.74, 6) is -0.576. The minimum absolute atomic E-state index is 0.184. The van der Waals surface area contributed by atoms with Crippen LogP contribution in [0.3, 0.4) is 0 Å². The van der Waals surface area contributed by atoms with Crippen LogP contribution in [0.25, 0.3) is 32.7 Å². The molecule has 0 radical (unpaired) electrons. The van der Waals surface area contributed by atoms with Gasteiger partial charge in [-0.1, -0.05) is 41.1 Å². The molecule has 0 unspecified atom stereocenters. The summed E-state index contributed by atoms with van der Waals surface area (Å²) in [6, 6.07) is 14.0. The molecule has 0 fully saturated rings. The first-order valence-corrected chi connectivity index (χ1v) is 8.45. The summed E-state index contributed by atoms with van der Waals surface area (Å²) in [7, 11) is 0. The number of aromatic nitrogens is 2. The molecular weight excluding hydrogens is 366 g/mol. The average Bonchev–Trinajstić information content (AvgIpc) is 3.24. The Morgan fingerprint density at radius 1 is 0.840 bits per heavy atom. The molecule has 2 heterocycles. The first-order valence-electron chi connectivity index (χ1n) is 7.26. The lowest BCUT2D eigenvalue weighted by Gasteiger charge is -1.99. The number of benzene rings is 2. The fourth-order valence-electron chi connectivity index (χ4n) is 2.35. The lowest BCUT2D eigenvalue weighted by molar-refractivity contribution is 0.566. The first kappa shape index (κ1) is 15.9. The van der Waals surface area contributed by atoms with Crippen LogP contribution in [0.1, 0.15) is 0 Å². The van der Waals surface area contributed by atoms with E-state index in [0.717, 1.165) is 11.6 Å². The molecule has 0 amide bonds. The standard InChI is InChI=1S/C18H9ClF2N2OS/c19-13-4-2-1-3-11(13)17-22-23-18(25-17)16-8-7-15(24-16)12-6-5-10(20)9-14(12)21/h1-9H. The van der Waals surface area contributed by atoms with Gasteiger partial charge in [0.25, 0.3) is 0 Å². The zero-order valence-corrected chi connectivity index (χ0v) is 14.1. The van der Waals surface area contributed by atoms with Gasteiger partial charge in [0.05, 0.1) is 10.6 Å². The Morgan fingerprint density at radius 3 is 2.40 bits per heavy atom. The van der Waals surface area contributed by atoms with Crippen LogP contribution in [0.4, 0.5) is 8.78 Å². The molecule has 0 bridgehead atoms. The third-order valence-electron chi connectivity index (χ3n) is 3.54. The molecule has 2 aromatic carbocycles. The molecule has 0 spiro atoms. The van der Waals surface area contributed by atoms with E-state index in [1.54, 1.807) is 18.2 Å². The predicted molar refractivity (Wildman–Crippen MR) is 93.4 cm³/mol. The van der Waals surface area contributed by atoms with Gasteiger partial charge in [-0.2, -0.15) is 0 Å². The lowest BCUT2D eigenvalue weighted by atomic mass is 10.1. The summed E-state index contributed by atoms with van der Waals surface area (Å²) in [5, 5.41) is 10.0. The SMILES string of the molecule is Fc1ccc(-c2ccc(-c3nnc(-c4ccccc4Cl)s3)o2)c(F)c1. The lowest BCUT2D eigenvalue weighted by Crippen LogP contribution is -1.84. The molecule has 4 aromatic rings. The predicted octanol–water partition coefficient (Wildman–Crippen LogP) is 6.06. The largest absolute Gasteiger partial charge is 0.453 e. The summed E-state index contributed by atoms with van der Waals surface area (Å²) in [4.78, 5) is 0. The molecule has 3 nitrogen and oxygen atoms in total. The van der Waals surface area contributed by atoms with Crippen molar-refractivity contribution in [1.29, 1.82) is 0 Å². The Hall–Kier alpha value is -2.57.